The molecular weight excluding hydrogens is 554 g/mol. The summed E-state index contributed by atoms with van der Waals surface area (Å²) in [5.41, 5.74) is 1.46. The highest BCUT2D eigenvalue weighted by Gasteiger charge is 2.34. The number of halogens is 1. The fourth-order valence-corrected chi connectivity index (χ4v) is 6.45. The van der Waals surface area contributed by atoms with Crippen molar-refractivity contribution in [3.05, 3.63) is 83.4 Å². The smallest absolute Gasteiger partial charge is 0.265 e. The van der Waals surface area contributed by atoms with Crippen molar-refractivity contribution in [2.24, 2.45) is 0 Å². The number of carbonyl (C=O) groups excluding carboxylic acids is 2. The number of sulfonamides is 1. The molecule has 1 aliphatic carbocycles. The zero-order valence-electron chi connectivity index (χ0n) is 21.7. The second kappa shape index (κ2) is 12.3. The molecule has 11 heteroatoms. The van der Waals surface area contributed by atoms with Crippen molar-refractivity contribution in [2.45, 2.75) is 49.3 Å². The minimum Gasteiger partial charge on any atom is -0.482 e. The van der Waals surface area contributed by atoms with Crippen molar-refractivity contribution >= 4 is 39.1 Å². The van der Waals surface area contributed by atoms with E-state index in [4.69, 9.17) is 21.1 Å². The van der Waals surface area contributed by atoms with Gasteiger partial charge in [0.05, 0.1) is 22.2 Å². The van der Waals surface area contributed by atoms with Gasteiger partial charge in [0.1, 0.15) is 11.5 Å². The van der Waals surface area contributed by atoms with Gasteiger partial charge in [-0.25, -0.2) is 13.1 Å². The number of fused-ring (bicyclic) bond motifs is 1. The molecule has 2 N–H and O–H groups in total. The Hall–Kier alpha value is -3.60. The normalized spacial score (nSPS) is 17.1. The Morgan fingerprint density at radius 2 is 1.73 bits per heavy atom. The first-order valence-corrected chi connectivity index (χ1v) is 15.0. The summed E-state index contributed by atoms with van der Waals surface area (Å²) in [6, 6.07) is 20.5. The van der Waals surface area contributed by atoms with Crippen LogP contribution in [0.15, 0.2) is 77.7 Å². The Kier molecular flexibility index (Phi) is 8.58. The van der Waals surface area contributed by atoms with Gasteiger partial charge in [-0.2, -0.15) is 0 Å². The molecule has 5 rings (SSSR count). The lowest BCUT2D eigenvalue weighted by Crippen LogP contribution is -2.51. The third kappa shape index (κ3) is 6.57. The van der Waals surface area contributed by atoms with E-state index in [0.29, 0.717) is 18.0 Å². The fraction of sp³-hybridized carbons (Fsp3) is 0.310. The molecule has 0 aromatic heterocycles. The molecule has 3 aromatic rings. The van der Waals surface area contributed by atoms with Crippen molar-refractivity contribution in [3.8, 4) is 11.5 Å². The van der Waals surface area contributed by atoms with Gasteiger partial charge in [-0.05, 0) is 48.7 Å². The first-order valence-electron chi connectivity index (χ1n) is 13.1. The predicted molar refractivity (Wildman–Crippen MR) is 151 cm³/mol. The van der Waals surface area contributed by atoms with Crippen LogP contribution in [0.3, 0.4) is 0 Å². The number of rotatable bonds is 9. The van der Waals surface area contributed by atoms with E-state index in [0.717, 1.165) is 31.2 Å². The van der Waals surface area contributed by atoms with E-state index >= 15 is 0 Å². The maximum Gasteiger partial charge on any atom is 0.265 e. The van der Waals surface area contributed by atoms with Gasteiger partial charge in [0, 0.05) is 12.6 Å². The summed E-state index contributed by atoms with van der Waals surface area (Å²) in [5, 5.41) is 2.93. The topological polar surface area (TPSA) is 114 Å². The third-order valence-corrected chi connectivity index (χ3v) is 8.73. The second-order valence-electron chi connectivity index (χ2n) is 9.77. The average molecular weight is 584 g/mol. The maximum atomic E-state index is 13.3. The van der Waals surface area contributed by atoms with Crippen LogP contribution in [0.2, 0.25) is 5.02 Å². The summed E-state index contributed by atoms with van der Waals surface area (Å²) in [4.78, 5) is 27.7. The van der Waals surface area contributed by atoms with E-state index in [9.17, 15) is 18.0 Å². The molecule has 0 unspecified atom stereocenters. The van der Waals surface area contributed by atoms with Crippen LogP contribution < -0.4 is 24.4 Å². The van der Waals surface area contributed by atoms with Crippen molar-refractivity contribution in [1.29, 1.82) is 0 Å². The first kappa shape index (κ1) is 27.9. The van der Waals surface area contributed by atoms with Gasteiger partial charge in [0.15, 0.2) is 12.7 Å². The number of benzene rings is 3. The second-order valence-corrected chi connectivity index (χ2v) is 11.9. The average Bonchev–Trinajstić information content (AvgIpc) is 3.47. The number of hydrogen-bond donors (Lipinski definition) is 2. The van der Waals surface area contributed by atoms with Gasteiger partial charge >= 0.3 is 0 Å². The summed E-state index contributed by atoms with van der Waals surface area (Å²) in [7, 11) is -3.72. The molecule has 0 saturated heterocycles. The molecule has 1 heterocycles. The molecular formula is C29H30ClN3O6S. The molecule has 40 heavy (non-hydrogen) atoms. The Balaban J connectivity index is 1.24. The molecule has 0 radical (unpaired) electrons. The number of amides is 2. The minimum absolute atomic E-state index is 0.00240. The number of ether oxygens (including phenoxy) is 2. The molecule has 3 aromatic carbocycles. The lowest BCUT2D eigenvalue weighted by molar-refractivity contribution is -0.128. The molecule has 1 fully saturated rings. The van der Waals surface area contributed by atoms with Gasteiger partial charge < -0.3 is 19.7 Å². The van der Waals surface area contributed by atoms with E-state index in [1.807, 2.05) is 30.3 Å². The van der Waals surface area contributed by atoms with E-state index < -0.39 is 22.0 Å². The highest BCUT2D eigenvalue weighted by molar-refractivity contribution is 7.89. The molecule has 210 valence electrons. The molecule has 2 aliphatic rings. The number of anilines is 1. The molecule has 1 aliphatic heterocycles. The van der Waals surface area contributed by atoms with Crippen molar-refractivity contribution < 1.29 is 27.5 Å². The van der Waals surface area contributed by atoms with Crippen LogP contribution in [0, 0.1) is 0 Å². The first-order chi connectivity index (χ1) is 19.3. The highest BCUT2D eigenvalue weighted by atomic mass is 35.5. The number of hydrogen-bond acceptors (Lipinski definition) is 6. The van der Waals surface area contributed by atoms with Crippen molar-refractivity contribution in [3.63, 3.8) is 0 Å². The van der Waals surface area contributed by atoms with Crippen LogP contribution in [0.5, 0.6) is 11.5 Å². The number of nitrogens with one attached hydrogen (secondary N) is 2. The molecule has 0 bridgehead atoms. The van der Waals surface area contributed by atoms with Crippen LogP contribution in [-0.4, -0.2) is 45.5 Å². The predicted octanol–water partition coefficient (Wildman–Crippen LogP) is 4.05. The van der Waals surface area contributed by atoms with Gasteiger partial charge in [0.2, 0.25) is 10.0 Å². The fourth-order valence-electron chi connectivity index (χ4n) is 4.82. The maximum absolute atomic E-state index is 13.3. The SMILES string of the molecule is O=C(NCc1ccccc1)[C@@H]1CN(C(=O)COc2ccc(S(=O)(=O)NC3CCCC3)cc2Cl)c2ccccc2O1. The molecule has 1 atom stereocenters. The lowest BCUT2D eigenvalue weighted by Gasteiger charge is -2.34. The number of para-hydroxylation sites is 2. The Labute approximate surface area is 238 Å². The van der Waals surface area contributed by atoms with Crippen LogP contribution >= 0.6 is 11.6 Å². The molecule has 2 amide bonds. The highest BCUT2D eigenvalue weighted by Crippen LogP contribution is 2.34. The summed E-state index contributed by atoms with van der Waals surface area (Å²) in [5.74, 6) is -0.173. The quantitative estimate of drug-likeness (QED) is 0.393. The Morgan fingerprint density at radius 1 is 1.00 bits per heavy atom. The van der Waals surface area contributed by atoms with Gasteiger partial charge in [-0.15, -0.1) is 0 Å². The molecule has 0 spiro atoms. The number of carbonyl (C=O) groups is 2. The van der Waals surface area contributed by atoms with Crippen molar-refractivity contribution in [1.82, 2.24) is 10.0 Å². The van der Waals surface area contributed by atoms with E-state index in [2.05, 4.69) is 10.0 Å². The van der Waals surface area contributed by atoms with Gasteiger partial charge in [-0.3, -0.25) is 9.59 Å². The van der Waals surface area contributed by atoms with Gasteiger partial charge in [-0.1, -0.05) is 66.9 Å². The Bertz CT molecular complexity index is 1480. The minimum atomic E-state index is -3.72. The standard InChI is InChI=1S/C29H30ClN3O6S/c30-23-16-22(40(36,37)32-21-10-4-5-11-21)14-15-25(23)38-19-28(34)33-18-27(39-26-13-7-6-12-24(26)33)29(35)31-17-20-8-2-1-3-9-20/h1-3,6-9,12-16,21,27,32H,4-5,10-11,17-19H2,(H,31,35)/t27-/m0/s1. The van der Waals surface area contributed by atoms with E-state index in [1.165, 1.54) is 23.1 Å². The monoisotopic (exact) mass is 583 g/mol. The molecule has 1 saturated carbocycles. The van der Waals surface area contributed by atoms with Crippen LogP contribution in [0.4, 0.5) is 5.69 Å². The third-order valence-electron chi connectivity index (χ3n) is 6.92. The Morgan fingerprint density at radius 3 is 2.48 bits per heavy atom. The summed E-state index contributed by atoms with van der Waals surface area (Å²) in [6.07, 6.45) is 2.72. The van der Waals surface area contributed by atoms with E-state index in [-0.39, 0.29) is 40.8 Å². The van der Waals surface area contributed by atoms with E-state index in [1.54, 1.807) is 24.3 Å². The zero-order chi connectivity index (χ0) is 28.1. The summed E-state index contributed by atoms with van der Waals surface area (Å²) < 4.78 is 39.8. The van der Waals surface area contributed by atoms with Crippen LogP contribution in [0.25, 0.3) is 0 Å². The lowest BCUT2D eigenvalue weighted by atomic mass is 10.1. The van der Waals surface area contributed by atoms with Gasteiger partial charge in [0.25, 0.3) is 11.8 Å². The molecule has 9 nitrogen and oxygen atoms in total. The zero-order valence-corrected chi connectivity index (χ0v) is 23.3. The number of nitrogens with zero attached hydrogens (tertiary/aromatic N) is 1. The largest absolute Gasteiger partial charge is 0.482 e. The summed E-state index contributed by atoms with van der Waals surface area (Å²) in [6.45, 7) is -0.0466. The van der Waals surface area contributed by atoms with Crippen molar-refractivity contribution in [2.75, 3.05) is 18.1 Å². The van der Waals surface area contributed by atoms with Crippen LogP contribution in [0.1, 0.15) is 31.2 Å². The van der Waals surface area contributed by atoms with Crippen LogP contribution in [-0.2, 0) is 26.2 Å². The summed E-state index contributed by atoms with van der Waals surface area (Å²) >= 11 is 6.34.